The molecule has 0 radical (unpaired) electrons. The highest BCUT2D eigenvalue weighted by atomic mass is 19.1. The van der Waals surface area contributed by atoms with Crippen LogP contribution in [0.25, 0.3) is 0 Å². The topological polar surface area (TPSA) is 46.0 Å². The third-order valence-corrected chi connectivity index (χ3v) is 3.09. The molecule has 1 unspecified atom stereocenters. The summed E-state index contributed by atoms with van der Waals surface area (Å²) in [5.74, 6) is -0.293. The second-order valence-corrected chi connectivity index (χ2v) is 4.55. The van der Waals surface area contributed by atoms with Crippen molar-refractivity contribution in [2.45, 2.75) is 32.8 Å². The predicted octanol–water partition coefficient (Wildman–Crippen LogP) is 2.76. The first-order chi connectivity index (χ1) is 9.11. The van der Waals surface area contributed by atoms with Gasteiger partial charge in [0.25, 0.3) is 0 Å². The normalized spacial score (nSPS) is 12.4. The maximum atomic E-state index is 13.6. The number of aliphatic hydroxyl groups excluding tert-OH is 1. The lowest BCUT2D eigenvalue weighted by molar-refractivity contribution is 0.175. The van der Waals surface area contributed by atoms with E-state index in [2.05, 4.69) is 10.2 Å². The Bertz CT molecular complexity index is 572. The maximum absolute atomic E-state index is 13.6. The molecule has 1 heterocycles. The van der Waals surface area contributed by atoms with E-state index in [9.17, 15) is 9.50 Å². The van der Waals surface area contributed by atoms with E-state index in [0.29, 0.717) is 12.0 Å². The first kappa shape index (κ1) is 13.6. The molecule has 1 atom stereocenters. The van der Waals surface area contributed by atoms with Crippen LogP contribution in [0.2, 0.25) is 0 Å². The molecule has 4 heteroatoms. The number of benzene rings is 1. The number of hydrogen-bond donors (Lipinski definition) is 1. The Balaban J connectivity index is 2.27. The van der Waals surface area contributed by atoms with Crippen LogP contribution in [-0.2, 0) is 12.8 Å². The highest BCUT2D eigenvalue weighted by Crippen LogP contribution is 2.22. The van der Waals surface area contributed by atoms with Crippen molar-refractivity contribution in [2.24, 2.45) is 0 Å². The van der Waals surface area contributed by atoms with Crippen LogP contribution in [0.3, 0.4) is 0 Å². The molecule has 2 rings (SSSR count). The second kappa shape index (κ2) is 5.89. The van der Waals surface area contributed by atoms with Gasteiger partial charge >= 0.3 is 0 Å². The lowest BCUT2D eigenvalue weighted by Gasteiger charge is -2.14. The second-order valence-electron chi connectivity index (χ2n) is 4.55. The third kappa shape index (κ3) is 3.15. The lowest BCUT2D eigenvalue weighted by atomic mass is 9.99. The van der Waals surface area contributed by atoms with Gasteiger partial charge in [0.05, 0.1) is 17.5 Å². The summed E-state index contributed by atoms with van der Waals surface area (Å²) in [5.41, 5.74) is 2.75. The molecule has 0 fully saturated rings. The minimum absolute atomic E-state index is 0.241. The van der Waals surface area contributed by atoms with E-state index in [1.165, 1.54) is 6.07 Å². The van der Waals surface area contributed by atoms with E-state index >= 15 is 0 Å². The van der Waals surface area contributed by atoms with E-state index in [1.54, 1.807) is 18.2 Å². The smallest absolute Gasteiger partial charge is 0.126 e. The fraction of sp³-hybridized carbons (Fsp3) is 0.333. The Kier molecular flexibility index (Phi) is 4.22. The highest BCUT2D eigenvalue weighted by molar-refractivity contribution is 5.27. The number of aryl methyl sites for hydroxylation is 2. The van der Waals surface area contributed by atoms with Gasteiger partial charge in [-0.25, -0.2) is 4.39 Å². The monoisotopic (exact) mass is 260 g/mol. The number of nitrogens with zero attached hydrogens (tertiary/aromatic N) is 2. The Morgan fingerprint density at radius 3 is 2.68 bits per heavy atom. The predicted molar refractivity (Wildman–Crippen MR) is 71.2 cm³/mol. The molecule has 1 N–H and O–H groups in total. The number of aliphatic hydroxyl groups is 1. The molecular formula is C15H17FN2O. The minimum atomic E-state index is -0.763. The van der Waals surface area contributed by atoms with Gasteiger partial charge in [0, 0.05) is 12.0 Å². The van der Waals surface area contributed by atoms with Gasteiger partial charge in [-0.15, -0.1) is 0 Å². The third-order valence-electron chi connectivity index (χ3n) is 3.09. The number of aromatic nitrogens is 2. The van der Waals surface area contributed by atoms with Gasteiger partial charge in [-0.2, -0.15) is 10.2 Å². The van der Waals surface area contributed by atoms with Crippen molar-refractivity contribution in [3.63, 3.8) is 0 Å². The van der Waals surface area contributed by atoms with Crippen LogP contribution in [0.1, 0.15) is 35.5 Å². The summed E-state index contributed by atoms with van der Waals surface area (Å²) in [7, 11) is 0. The zero-order valence-corrected chi connectivity index (χ0v) is 11.1. The first-order valence-corrected chi connectivity index (χ1v) is 6.36. The molecule has 2 aromatic rings. The quantitative estimate of drug-likeness (QED) is 0.919. The molecule has 0 amide bonds. The summed E-state index contributed by atoms with van der Waals surface area (Å²) >= 11 is 0. The first-order valence-electron chi connectivity index (χ1n) is 6.36. The largest absolute Gasteiger partial charge is 0.388 e. The average molecular weight is 260 g/mol. The molecule has 100 valence electrons. The van der Waals surface area contributed by atoms with E-state index in [4.69, 9.17) is 0 Å². The zero-order chi connectivity index (χ0) is 13.8. The van der Waals surface area contributed by atoms with Crippen LogP contribution >= 0.6 is 0 Å². The van der Waals surface area contributed by atoms with Crippen LogP contribution in [-0.4, -0.2) is 15.3 Å². The Morgan fingerprint density at radius 2 is 2.00 bits per heavy atom. The van der Waals surface area contributed by atoms with Crippen LogP contribution < -0.4 is 0 Å². The number of halogens is 1. The minimum Gasteiger partial charge on any atom is -0.388 e. The van der Waals surface area contributed by atoms with Crippen molar-refractivity contribution in [3.8, 4) is 0 Å². The van der Waals surface area contributed by atoms with Gasteiger partial charge < -0.3 is 5.11 Å². The summed E-state index contributed by atoms with van der Waals surface area (Å²) in [6.07, 6.45) is 0.169. The van der Waals surface area contributed by atoms with Crippen molar-refractivity contribution >= 4 is 0 Å². The summed E-state index contributed by atoms with van der Waals surface area (Å²) in [6.45, 7) is 3.78. The van der Waals surface area contributed by atoms with Gasteiger partial charge in [0.1, 0.15) is 5.82 Å². The molecule has 0 aliphatic carbocycles. The summed E-state index contributed by atoms with van der Waals surface area (Å²) < 4.78 is 13.6. The number of hydrogen-bond acceptors (Lipinski definition) is 3. The Morgan fingerprint density at radius 1 is 1.26 bits per heavy atom. The molecule has 19 heavy (non-hydrogen) atoms. The fourth-order valence-electron chi connectivity index (χ4n) is 2.08. The van der Waals surface area contributed by atoms with Gasteiger partial charge in [-0.1, -0.05) is 25.1 Å². The maximum Gasteiger partial charge on any atom is 0.126 e. The van der Waals surface area contributed by atoms with E-state index < -0.39 is 6.10 Å². The molecule has 1 aromatic heterocycles. The standard InChI is InChI=1S/C15H17FN2O/c1-3-14-12(8-10(2)17-18-14)15(19)9-11-6-4-5-7-13(11)16/h4-8,15,19H,3,9H2,1-2H3. The van der Waals surface area contributed by atoms with E-state index in [1.807, 2.05) is 19.9 Å². The summed E-state index contributed by atoms with van der Waals surface area (Å²) in [6, 6.07) is 8.31. The van der Waals surface area contributed by atoms with Gasteiger partial charge in [0.15, 0.2) is 0 Å². The molecule has 0 bridgehead atoms. The fourth-order valence-corrected chi connectivity index (χ4v) is 2.08. The SMILES string of the molecule is CCc1nnc(C)cc1C(O)Cc1ccccc1F. The van der Waals surface area contributed by atoms with Crippen molar-refractivity contribution < 1.29 is 9.50 Å². The molecule has 0 spiro atoms. The van der Waals surface area contributed by atoms with Crippen LogP contribution in [0, 0.1) is 12.7 Å². The van der Waals surface area contributed by atoms with E-state index in [0.717, 1.165) is 17.0 Å². The Hall–Kier alpha value is -1.81. The number of rotatable bonds is 4. The van der Waals surface area contributed by atoms with Crippen LogP contribution in [0.15, 0.2) is 30.3 Å². The molecule has 0 aliphatic heterocycles. The molecule has 0 saturated heterocycles. The highest BCUT2D eigenvalue weighted by Gasteiger charge is 2.16. The summed E-state index contributed by atoms with van der Waals surface area (Å²) in [4.78, 5) is 0. The van der Waals surface area contributed by atoms with Gasteiger partial charge in [-0.3, -0.25) is 0 Å². The van der Waals surface area contributed by atoms with Crippen molar-refractivity contribution in [2.75, 3.05) is 0 Å². The molecule has 0 saturated carbocycles. The van der Waals surface area contributed by atoms with Crippen LogP contribution in [0.5, 0.6) is 0 Å². The lowest BCUT2D eigenvalue weighted by Crippen LogP contribution is -2.09. The molecule has 0 aliphatic rings. The van der Waals surface area contributed by atoms with Crippen LogP contribution in [0.4, 0.5) is 4.39 Å². The van der Waals surface area contributed by atoms with Crippen molar-refractivity contribution in [3.05, 3.63) is 58.7 Å². The molecular weight excluding hydrogens is 243 g/mol. The Labute approximate surface area is 112 Å². The summed E-state index contributed by atoms with van der Waals surface area (Å²) in [5, 5.41) is 18.4. The molecule has 3 nitrogen and oxygen atoms in total. The molecule has 1 aromatic carbocycles. The van der Waals surface area contributed by atoms with E-state index in [-0.39, 0.29) is 12.2 Å². The zero-order valence-electron chi connectivity index (χ0n) is 11.1. The van der Waals surface area contributed by atoms with Crippen molar-refractivity contribution in [1.29, 1.82) is 0 Å². The van der Waals surface area contributed by atoms with Gasteiger partial charge in [0.2, 0.25) is 0 Å². The average Bonchev–Trinajstić information content (AvgIpc) is 2.41. The van der Waals surface area contributed by atoms with Gasteiger partial charge in [-0.05, 0) is 31.0 Å². The van der Waals surface area contributed by atoms with Crippen molar-refractivity contribution in [1.82, 2.24) is 10.2 Å².